The molecule has 0 aromatic carbocycles. The molecular weight excluding hydrogens is 202 g/mol. The predicted octanol–water partition coefficient (Wildman–Crippen LogP) is 1.89. The lowest BCUT2D eigenvalue weighted by molar-refractivity contribution is 0.932. The van der Waals surface area contributed by atoms with Gasteiger partial charge in [-0.05, 0) is 30.9 Å². The van der Waals surface area contributed by atoms with E-state index in [0.717, 1.165) is 18.5 Å². The molecule has 0 fully saturated rings. The fraction of sp³-hybridized carbons (Fsp3) is 0.250. The van der Waals surface area contributed by atoms with Crippen molar-refractivity contribution in [1.29, 1.82) is 0 Å². The van der Waals surface area contributed by atoms with Crippen LogP contribution in [0.2, 0.25) is 0 Å². The van der Waals surface area contributed by atoms with Gasteiger partial charge in [0.05, 0.1) is 10.9 Å². The number of hydrogen-bond acceptors (Lipinski definition) is 3. The minimum absolute atomic E-state index is 0.110. The van der Waals surface area contributed by atoms with Crippen LogP contribution in [0.1, 0.15) is 25.0 Å². The lowest BCUT2D eigenvalue weighted by atomic mass is 10.1. The molecule has 4 nitrogen and oxygen atoms in total. The Hall–Kier alpha value is -1.97. The van der Waals surface area contributed by atoms with Crippen LogP contribution in [0, 0.1) is 0 Å². The molecule has 0 radical (unpaired) electrons. The number of rotatable bonds is 1. The second-order valence-corrected chi connectivity index (χ2v) is 3.96. The molecule has 0 atom stereocenters. The molecule has 0 unspecified atom stereocenters. The SMILES string of the molecule is O=c1[nH]c(C2=CCCC2)cc2ncncc12. The Bertz CT molecular complexity index is 627. The molecule has 1 aliphatic rings. The third kappa shape index (κ3) is 1.43. The highest BCUT2D eigenvalue weighted by molar-refractivity contribution is 5.80. The number of aromatic amines is 1. The van der Waals surface area contributed by atoms with E-state index in [0.29, 0.717) is 10.9 Å². The standard InChI is InChI=1S/C12H11N3O/c16-12-9-6-13-7-14-11(9)5-10(15-12)8-3-1-2-4-8/h3,5-7H,1-2,4H2,(H,15,16). The van der Waals surface area contributed by atoms with E-state index in [2.05, 4.69) is 21.0 Å². The Morgan fingerprint density at radius 1 is 1.38 bits per heavy atom. The summed E-state index contributed by atoms with van der Waals surface area (Å²) in [4.78, 5) is 22.7. The van der Waals surface area contributed by atoms with Gasteiger partial charge in [-0.1, -0.05) is 6.08 Å². The molecule has 0 aliphatic heterocycles. The van der Waals surface area contributed by atoms with Gasteiger partial charge in [-0.2, -0.15) is 0 Å². The predicted molar refractivity (Wildman–Crippen MR) is 62.0 cm³/mol. The van der Waals surface area contributed by atoms with Crippen LogP contribution in [0.4, 0.5) is 0 Å². The monoisotopic (exact) mass is 213 g/mol. The maximum Gasteiger partial charge on any atom is 0.259 e. The van der Waals surface area contributed by atoms with Crippen LogP contribution in [0.25, 0.3) is 16.5 Å². The molecular formula is C12H11N3O. The number of nitrogens with zero attached hydrogens (tertiary/aromatic N) is 2. The molecule has 2 aromatic heterocycles. The summed E-state index contributed by atoms with van der Waals surface area (Å²) in [5.74, 6) is 0. The summed E-state index contributed by atoms with van der Waals surface area (Å²) < 4.78 is 0. The first-order chi connectivity index (χ1) is 7.84. The number of pyridine rings is 1. The fourth-order valence-corrected chi connectivity index (χ4v) is 2.08. The Morgan fingerprint density at radius 3 is 3.12 bits per heavy atom. The van der Waals surface area contributed by atoms with Crippen LogP contribution in [0.5, 0.6) is 0 Å². The van der Waals surface area contributed by atoms with E-state index in [1.54, 1.807) is 6.20 Å². The Kier molecular flexibility index (Phi) is 2.06. The fourth-order valence-electron chi connectivity index (χ4n) is 2.08. The number of aromatic nitrogens is 3. The van der Waals surface area contributed by atoms with E-state index < -0.39 is 0 Å². The zero-order chi connectivity index (χ0) is 11.0. The summed E-state index contributed by atoms with van der Waals surface area (Å²) in [5, 5.41) is 0.546. The van der Waals surface area contributed by atoms with Gasteiger partial charge in [0.1, 0.15) is 6.33 Å². The topological polar surface area (TPSA) is 58.6 Å². The summed E-state index contributed by atoms with van der Waals surface area (Å²) in [6, 6.07) is 1.93. The summed E-state index contributed by atoms with van der Waals surface area (Å²) in [7, 11) is 0. The Morgan fingerprint density at radius 2 is 2.31 bits per heavy atom. The molecule has 80 valence electrons. The minimum atomic E-state index is -0.110. The quantitative estimate of drug-likeness (QED) is 0.786. The molecule has 0 spiro atoms. The van der Waals surface area contributed by atoms with Crippen molar-refractivity contribution < 1.29 is 0 Å². The van der Waals surface area contributed by atoms with Crippen molar-refractivity contribution in [1.82, 2.24) is 15.0 Å². The molecule has 2 heterocycles. The third-order valence-corrected chi connectivity index (χ3v) is 2.90. The second-order valence-electron chi connectivity index (χ2n) is 3.96. The van der Waals surface area contributed by atoms with E-state index in [-0.39, 0.29) is 5.56 Å². The first kappa shape index (κ1) is 9.27. The van der Waals surface area contributed by atoms with Gasteiger partial charge < -0.3 is 4.98 Å². The third-order valence-electron chi connectivity index (χ3n) is 2.90. The molecule has 16 heavy (non-hydrogen) atoms. The number of fused-ring (bicyclic) bond motifs is 1. The van der Waals surface area contributed by atoms with Crippen LogP contribution in [0.3, 0.4) is 0 Å². The molecule has 4 heteroatoms. The van der Waals surface area contributed by atoms with Gasteiger partial charge in [0.25, 0.3) is 5.56 Å². The van der Waals surface area contributed by atoms with Gasteiger partial charge in [-0.25, -0.2) is 9.97 Å². The van der Waals surface area contributed by atoms with E-state index in [4.69, 9.17) is 0 Å². The van der Waals surface area contributed by atoms with Crippen molar-refractivity contribution in [3.8, 4) is 0 Å². The van der Waals surface area contributed by atoms with Crippen molar-refractivity contribution in [3.63, 3.8) is 0 Å². The molecule has 0 bridgehead atoms. The van der Waals surface area contributed by atoms with Gasteiger partial charge in [0, 0.05) is 11.9 Å². The van der Waals surface area contributed by atoms with Crippen molar-refractivity contribution in [3.05, 3.63) is 40.7 Å². The highest BCUT2D eigenvalue weighted by Crippen LogP contribution is 2.26. The molecule has 0 amide bonds. The minimum Gasteiger partial charge on any atom is -0.322 e. The van der Waals surface area contributed by atoms with Crippen molar-refractivity contribution >= 4 is 16.5 Å². The normalized spacial score (nSPS) is 15.4. The van der Waals surface area contributed by atoms with E-state index in [9.17, 15) is 4.79 Å². The van der Waals surface area contributed by atoms with E-state index in [1.165, 1.54) is 18.3 Å². The highest BCUT2D eigenvalue weighted by Gasteiger charge is 2.10. The van der Waals surface area contributed by atoms with Crippen LogP contribution < -0.4 is 5.56 Å². The summed E-state index contributed by atoms with van der Waals surface area (Å²) >= 11 is 0. The zero-order valence-electron chi connectivity index (χ0n) is 8.73. The van der Waals surface area contributed by atoms with Crippen LogP contribution in [-0.4, -0.2) is 15.0 Å². The maximum absolute atomic E-state index is 11.8. The van der Waals surface area contributed by atoms with E-state index >= 15 is 0 Å². The summed E-state index contributed by atoms with van der Waals surface area (Å²) in [6.45, 7) is 0. The lowest BCUT2D eigenvalue weighted by Crippen LogP contribution is -2.09. The number of H-pyrrole nitrogens is 1. The van der Waals surface area contributed by atoms with Crippen LogP contribution in [-0.2, 0) is 0 Å². The van der Waals surface area contributed by atoms with Gasteiger partial charge >= 0.3 is 0 Å². The molecule has 1 aliphatic carbocycles. The molecule has 1 N–H and O–H groups in total. The Balaban J connectivity index is 2.25. The average Bonchev–Trinajstić information content (AvgIpc) is 2.82. The smallest absolute Gasteiger partial charge is 0.259 e. The maximum atomic E-state index is 11.8. The molecule has 0 saturated carbocycles. The lowest BCUT2D eigenvalue weighted by Gasteiger charge is -2.03. The van der Waals surface area contributed by atoms with Crippen molar-refractivity contribution in [2.45, 2.75) is 19.3 Å². The van der Waals surface area contributed by atoms with E-state index in [1.807, 2.05) is 6.07 Å². The average molecular weight is 213 g/mol. The van der Waals surface area contributed by atoms with Crippen LogP contribution >= 0.6 is 0 Å². The summed E-state index contributed by atoms with van der Waals surface area (Å²) in [5.41, 5.74) is 2.72. The van der Waals surface area contributed by atoms with Gasteiger partial charge in [-0.3, -0.25) is 4.79 Å². The molecule has 0 saturated heterocycles. The molecule has 2 aromatic rings. The largest absolute Gasteiger partial charge is 0.322 e. The van der Waals surface area contributed by atoms with Crippen molar-refractivity contribution in [2.75, 3.05) is 0 Å². The summed E-state index contributed by atoms with van der Waals surface area (Å²) in [6.07, 6.45) is 8.49. The number of hydrogen-bond donors (Lipinski definition) is 1. The highest BCUT2D eigenvalue weighted by atomic mass is 16.1. The first-order valence-corrected chi connectivity index (χ1v) is 5.37. The molecule has 3 rings (SSSR count). The van der Waals surface area contributed by atoms with Gasteiger partial charge in [0.2, 0.25) is 0 Å². The second kappa shape index (κ2) is 3.56. The first-order valence-electron chi connectivity index (χ1n) is 5.37. The number of allylic oxidation sites excluding steroid dienone is 2. The van der Waals surface area contributed by atoms with Crippen molar-refractivity contribution in [2.24, 2.45) is 0 Å². The number of nitrogens with one attached hydrogen (secondary N) is 1. The van der Waals surface area contributed by atoms with Gasteiger partial charge in [-0.15, -0.1) is 0 Å². The van der Waals surface area contributed by atoms with Crippen LogP contribution in [0.15, 0.2) is 29.5 Å². The van der Waals surface area contributed by atoms with Gasteiger partial charge in [0.15, 0.2) is 0 Å². The zero-order valence-corrected chi connectivity index (χ0v) is 8.73. The Labute approximate surface area is 92.1 Å².